The van der Waals surface area contributed by atoms with Crippen LogP contribution >= 0.6 is 11.6 Å². The first-order valence-electron chi connectivity index (χ1n) is 6.29. The number of rotatable bonds is 3. The number of ether oxygens (including phenoxy) is 1. The molecule has 0 aliphatic heterocycles. The van der Waals surface area contributed by atoms with Gasteiger partial charge in [-0.05, 0) is 49.9 Å². The maximum Gasteiger partial charge on any atom is 0.308 e. The number of esters is 1. The molecule has 1 aliphatic carbocycles. The van der Waals surface area contributed by atoms with Crippen LogP contribution in [0.1, 0.15) is 25.7 Å². The standard InChI is InChI=1S/C14H18ClNO2/c1-18-14(17)10-2-6-12(7-3-10)16-13-8-4-11(15)5-9-13/h4-5,8-10,12,16H,2-3,6-7H2,1H3. The second kappa shape index (κ2) is 6.10. The number of carbonyl (C=O) groups is 1. The molecule has 1 aromatic rings. The summed E-state index contributed by atoms with van der Waals surface area (Å²) in [5, 5.41) is 4.22. The van der Waals surface area contributed by atoms with Crippen molar-refractivity contribution >= 4 is 23.3 Å². The van der Waals surface area contributed by atoms with Crippen molar-refractivity contribution in [2.75, 3.05) is 12.4 Å². The number of benzene rings is 1. The molecule has 0 bridgehead atoms. The molecule has 98 valence electrons. The fraction of sp³-hybridized carbons (Fsp3) is 0.500. The minimum atomic E-state index is -0.0695. The van der Waals surface area contributed by atoms with Crippen LogP contribution in [0.3, 0.4) is 0 Å². The molecule has 0 spiro atoms. The number of methoxy groups -OCH3 is 1. The van der Waals surface area contributed by atoms with Gasteiger partial charge in [-0.15, -0.1) is 0 Å². The average Bonchev–Trinajstić information content (AvgIpc) is 2.41. The summed E-state index contributed by atoms with van der Waals surface area (Å²) in [4.78, 5) is 11.4. The smallest absolute Gasteiger partial charge is 0.308 e. The molecule has 1 aliphatic rings. The van der Waals surface area contributed by atoms with Crippen molar-refractivity contribution in [3.8, 4) is 0 Å². The molecule has 1 fully saturated rings. The maximum atomic E-state index is 11.4. The Morgan fingerprint density at radius 2 is 1.83 bits per heavy atom. The van der Waals surface area contributed by atoms with E-state index in [9.17, 15) is 4.79 Å². The summed E-state index contributed by atoms with van der Waals surface area (Å²) < 4.78 is 4.78. The van der Waals surface area contributed by atoms with Gasteiger partial charge in [-0.2, -0.15) is 0 Å². The van der Waals surface area contributed by atoms with Gasteiger partial charge in [-0.3, -0.25) is 4.79 Å². The van der Waals surface area contributed by atoms with E-state index in [0.29, 0.717) is 6.04 Å². The van der Waals surface area contributed by atoms with Crippen LogP contribution < -0.4 is 5.32 Å². The van der Waals surface area contributed by atoms with Crippen LogP contribution in [0.2, 0.25) is 5.02 Å². The Bertz CT molecular complexity index is 397. The largest absolute Gasteiger partial charge is 0.469 e. The van der Waals surface area contributed by atoms with Crippen molar-refractivity contribution in [1.29, 1.82) is 0 Å². The zero-order chi connectivity index (χ0) is 13.0. The van der Waals surface area contributed by atoms with E-state index in [1.807, 2.05) is 24.3 Å². The Morgan fingerprint density at radius 3 is 2.39 bits per heavy atom. The summed E-state index contributed by atoms with van der Waals surface area (Å²) in [6.45, 7) is 0. The van der Waals surface area contributed by atoms with Gasteiger partial charge in [0.15, 0.2) is 0 Å². The zero-order valence-corrected chi connectivity index (χ0v) is 11.2. The fourth-order valence-corrected chi connectivity index (χ4v) is 2.55. The highest BCUT2D eigenvalue weighted by molar-refractivity contribution is 6.30. The van der Waals surface area contributed by atoms with Gasteiger partial charge >= 0.3 is 5.97 Å². The molecule has 1 saturated carbocycles. The van der Waals surface area contributed by atoms with Crippen LogP contribution in [0.4, 0.5) is 5.69 Å². The Hall–Kier alpha value is -1.22. The fourth-order valence-electron chi connectivity index (χ4n) is 2.42. The quantitative estimate of drug-likeness (QED) is 0.852. The second-order valence-corrected chi connectivity index (χ2v) is 5.16. The van der Waals surface area contributed by atoms with Crippen LogP contribution in [-0.2, 0) is 9.53 Å². The van der Waals surface area contributed by atoms with Crippen molar-refractivity contribution in [2.45, 2.75) is 31.7 Å². The van der Waals surface area contributed by atoms with Gasteiger partial charge < -0.3 is 10.1 Å². The summed E-state index contributed by atoms with van der Waals surface area (Å²) in [6.07, 6.45) is 3.81. The van der Waals surface area contributed by atoms with E-state index in [0.717, 1.165) is 36.4 Å². The topological polar surface area (TPSA) is 38.3 Å². The highest BCUT2D eigenvalue weighted by Gasteiger charge is 2.26. The molecule has 0 heterocycles. The number of nitrogens with one attached hydrogen (secondary N) is 1. The Kier molecular flexibility index (Phi) is 4.48. The van der Waals surface area contributed by atoms with E-state index in [1.165, 1.54) is 7.11 Å². The van der Waals surface area contributed by atoms with Gasteiger partial charge in [-0.25, -0.2) is 0 Å². The molecule has 2 rings (SSSR count). The minimum absolute atomic E-state index is 0.0695. The Balaban J connectivity index is 1.83. The third-order valence-corrected chi connectivity index (χ3v) is 3.73. The van der Waals surface area contributed by atoms with E-state index >= 15 is 0 Å². The molecule has 0 amide bonds. The van der Waals surface area contributed by atoms with Gasteiger partial charge in [0.05, 0.1) is 13.0 Å². The van der Waals surface area contributed by atoms with Crippen molar-refractivity contribution in [2.24, 2.45) is 5.92 Å². The van der Waals surface area contributed by atoms with Crippen molar-refractivity contribution in [3.05, 3.63) is 29.3 Å². The lowest BCUT2D eigenvalue weighted by molar-refractivity contribution is -0.146. The minimum Gasteiger partial charge on any atom is -0.469 e. The first-order chi connectivity index (χ1) is 8.69. The molecule has 0 saturated heterocycles. The molecular formula is C14H18ClNO2. The summed E-state index contributed by atoms with van der Waals surface area (Å²) in [7, 11) is 1.46. The molecular weight excluding hydrogens is 250 g/mol. The van der Waals surface area contributed by atoms with Gasteiger partial charge in [0.2, 0.25) is 0 Å². The SMILES string of the molecule is COC(=O)C1CCC(Nc2ccc(Cl)cc2)CC1. The van der Waals surface area contributed by atoms with Crippen LogP contribution in [-0.4, -0.2) is 19.1 Å². The third-order valence-electron chi connectivity index (χ3n) is 3.48. The Morgan fingerprint density at radius 1 is 1.22 bits per heavy atom. The third kappa shape index (κ3) is 3.39. The molecule has 1 aromatic carbocycles. The number of carbonyl (C=O) groups excluding carboxylic acids is 1. The van der Waals surface area contributed by atoms with Crippen LogP contribution in [0, 0.1) is 5.92 Å². The van der Waals surface area contributed by atoms with Crippen molar-refractivity contribution in [3.63, 3.8) is 0 Å². The van der Waals surface area contributed by atoms with E-state index in [2.05, 4.69) is 5.32 Å². The summed E-state index contributed by atoms with van der Waals surface area (Å²) in [6, 6.07) is 8.16. The number of hydrogen-bond donors (Lipinski definition) is 1. The average molecular weight is 268 g/mol. The van der Waals surface area contributed by atoms with E-state index in [4.69, 9.17) is 16.3 Å². The highest BCUT2D eigenvalue weighted by atomic mass is 35.5. The molecule has 1 N–H and O–H groups in total. The van der Waals surface area contributed by atoms with Gasteiger partial charge in [0, 0.05) is 16.8 Å². The summed E-state index contributed by atoms with van der Waals surface area (Å²) in [5.74, 6) is 0.0122. The van der Waals surface area contributed by atoms with Crippen LogP contribution in [0.25, 0.3) is 0 Å². The monoisotopic (exact) mass is 267 g/mol. The number of anilines is 1. The lowest BCUT2D eigenvalue weighted by atomic mass is 9.86. The Labute approximate surface area is 112 Å². The zero-order valence-electron chi connectivity index (χ0n) is 10.5. The van der Waals surface area contributed by atoms with Crippen LogP contribution in [0.5, 0.6) is 0 Å². The predicted octanol–water partition coefficient (Wildman–Crippen LogP) is 3.48. The molecule has 0 unspecified atom stereocenters. The predicted molar refractivity (Wildman–Crippen MR) is 72.8 cm³/mol. The first kappa shape index (κ1) is 13.2. The van der Waals surface area contributed by atoms with Crippen molar-refractivity contribution < 1.29 is 9.53 Å². The van der Waals surface area contributed by atoms with E-state index in [-0.39, 0.29) is 11.9 Å². The normalized spacial score (nSPS) is 23.4. The molecule has 0 radical (unpaired) electrons. The van der Waals surface area contributed by atoms with Crippen LogP contribution in [0.15, 0.2) is 24.3 Å². The van der Waals surface area contributed by atoms with Crippen molar-refractivity contribution in [1.82, 2.24) is 0 Å². The van der Waals surface area contributed by atoms with Gasteiger partial charge in [0.25, 0.3) is 0 Å². The molecule has 18 heavy (non-hydrogen) atoms. The highest BCUT2D eigenvalue weighted by Crippen LogP contribution is 2.27. The molecule has 3 nitrogen and oxygen atoms in total. The maximum absolute atomic E-state index is 11.4. The van der Waals surface area contributed by atoms with E-state index in [1.54, 1.807) is 0 Å². The lowest BCUT2D eigenvalue weighted by Crippen LogP contribution is -2.29. The number of halogens is 1. The number of hydrogen-bond acceptors (Lipinski definition) is 3. The summed E-state index contributed by atoms with van der Waals surface area (Å²) >= 11 is 5.85. The van der Waals surface area contributed by atoms with Gasteiger partial charge in [-0.1, -0.05) is 11.6 Å². The first-order valence-corrected chi connectivity index (χ1v) is 6.67. The van der Waals surface area contributed by atoms with E-state index < -0.39 is 0 Å². The second-order valence-electron chi connectivity index (χ2n) is 4.72. The summed E-state index contributed by atoms with van der Waals surface area (Å²) in [5.41, 5.74) is 1.08. The lowest BCUT2D eigenvalue weighted by Gasteiger charge is -2.28. The molecule has 0 aromatic heterocycles. The molecule has 0 atom stereocenters. The van der Waals surface area contributed by atoms with Gasteiger partial charge in [0.1, 0.15) is 0 Å². The molecule has 4 heteroatoms.